The Bertz CT molecular complexity index is 354. The van der Waals surface area contributed by atoms with Gasteiger partial charge in [0.25, 0.3) is 0 Å². The van der Waals surface area contributed by atoms with Crippen molar-refractivity contribution in [1.29, 1.82) is 0 Å². The minimum atomic E-state index is 0.348. The molecule has 1 aromatic rings. The summed E-state index contributed by atoms with van der Waals surface area (Å²) in [5.74, 6) is 3.58. The van der Waals surface area contributed by atoms with E-state index < -0.39 is 0 Å². The molecule has 1 aliphatic rings. The fraction of sp³-hybridized carbons (Fsp3) is 0.333. The van der Waals surface area contributed by atoms with Gasteiger partial charge in [-0.05, 0) is 18.1 Å². The number of fused-ring (bicyclic) bond motifs is 1. The fourth-order valence-corrected chi connectivity index (χ4v) is 1.66. The lowest BCUT2D eigenvalue weighted by Crippen LogP contribution is -2.39. The molecule has 2 heteroatoms. The predicted octanol–water partition coefficient (Wildman–Crippen LogP) is 1.21. The second kappa shape index (κ2) is 4.17. The topological polar surface area (TPSA) is 21.3 Å². The Kier molecular flexibility index (Phi) is 2.71. The van der Waals surface area contributed by atoms with Crippen molar-refractivity contribution in [3.63, 3.8) is 0 Å². The standard InChI is InChI=1S/C12H13NO/c1-2-7-13-11-8-10-5-3-4-6-12(10)14-9-11/h1,3-6,11,13H,7-9H2. The Balaban J connectivity index is 2.03. The summed E-state index contributed by atoms with van der Waals surface area (Å²) in [6.07, 6.45) is 6.18. The smallest absolute Gasteiger partial charge is 0.122 e. The summed E-state index contributed by atoms with van der Waals surface area (Å²) in [6, 6.07) is 8.48. The summed E-state index contributed by atoms with van der Waals surface area (Å²) in [5, 5.41) is 3.25. The lowest BCUT2D eigenvalue weighted by Gasteiger charge is -2.25. The minimum absolute atomic E-state index is 0.348. The van der Waals surface area contributed by atoms with Gasteiger partial charge in [0.15, 0.2) is 0 Å². The Morgan fingerprint density at radius 3 is 3.21 bits per heavy atom. The molecule has 1 aliphatic heterocycles. The van der Waals surface area contributed by atoms with Crippen LogP contribution in [0.2, 0.25) is 0 Å². The van der Waals surface area contributed by atoms with Gasteiger partial charge in [-0.1, -0.05) is 24.1 Å². The number of nitrogens with one attached hydrogen (secondary N) is 1. The highest BCUT2D eigenvalue weighted by molar-refractivity contribution is 5.35. The maximum absolute atomic E-state index is 5.60. The van der Waals surface area contributed by atoms with Crippen LogP contribution >= 0.6 is 0 Å². The number of hydrogen-bond acceptors (Lipinski definition) is 2. The normalized spacial score (nSPS) is 19.2. The van der Waals surface area contributed by atoms with E-state index in [2.05, 4.69) is 17.3 Å². The molecule has 0 saturated carbocycles. The van der Waals surface area contributed by atoms with Crippen LogP contribution in [-0.2, 0) is 6.42 Å². The zero-order valence-corrected chi connectivity index (χ0v) is 7.99. The molecule has 2 rings (SSSR count). The molecule has 2 nitrogen and oxygen atoms in total. The molecular formula is C12H13NO. The molecule has 1 atom stereocenters. The predicted molar refractivity (Wildman–Crippen MR) is 56.3 cm³/mol. The van der Waals surface area contributed by atoms with E-state index in [1.807, 2.05) is 18.2 Å². The summed E-state index contributed by atoms with van der Waals surface area (Å²) in [5.41, 5.74) is 1.26. The maximum atomic E-state index is 5.60. The highest BCUT2D eigenvalue weighted by Crippen LogP contribution is 2.23. The second-order valence-electron chi connectivity index (χ2n) is 3.40. The number of para-hydroxylation sites is 1. The zero-order chi connectivity index (χ0) is 9.80. The largest absolute Gasteiger partial charge is 0.492 e. The highest BCUT2D eigenvalue weighted by Gasteiger charge is 2.17. The molecule has 72 valence electrons. The Labute approximate surface area is 84.3 Å². The Morgan fingerprint density at radius 1 is 1.50 bits per heavy atom. The van der Waals surface area contributed by atoms with E-state index in [-0.39, 0.29) is 0 Å². The first-order chi connectivity index (χ1) is 6.90. The molecule has 1 aromatic carbocycles. The van der Waals surface area contributed by atoms with E-state index in [1.54, 1.807) is 0 Å². The molecule has 0 aromatic heterocycles. The molecule has 0 saturated heterocycles. The third-order valence-corrected chi connectivity index (χ3v) is 2.37. The molecule has 0 spiro atoms. The molecule has 0 fully saturated rings. The van der Waals surface area contributed by atoms with Crippen molar-refractivity contribution < 1.29 is 4.74 Å². The molecule has 1 N–H and O–H groups in total. The van der Waals surface area contributed by atoms with Crippen molar-refractivity contribution >= 4 is 0 Å². The summed E-state index contributed by atoms with van der Waals surface area (Å²) in [6.45, 7) is 1.31. The van der Waals surface area contributed by atoms with Crippen molar-refractivity contribution in [1.82, 2.24) is 5.32 Å². The van der Waals surface area contributed by atoms with Crippen LogP contribution in [0, 0.1) is 12.3 Å². The molecule has 0 bridgehead atoms. The van der Waals surface area contributed by atoms with Gasteiger partial charge < -0.3 is 4.74 Å². The SMILES string of the molecule is C#CCNC1COc2ccccc2C1. The third kappa shape index (κ3) is 1.89. The van der Waals surface area contributed by atoms with Crippen LogP contribution in [0.25, 0.3) is 0 Å². The number of benzene rings is 1. The molecular weight excluding hydrogens is 174 g/mol. The van der Waals surface area contributed by atoms with Crippen LogP contribution in [0.4, 0.5) is 0 Å². The summed E-state index contributed by atoms with van der Waals surface area (Å²) >= 11 is 0. The van der Waals surface area contributed by atoms with E-state index in [4.69, 9.17) is 11.2 Å². The van der Waals surface area contributed by atoms with Gasteiger partial charge >= 0.3 is 0 Å². The average Bonchev–Trinajstić information content (AvgIpc) is 2.26. The van der Waals surface area contributed by atoms with Crippen LogP contribution in [-0.4, -0.2) is 19.2 Å². The summed E-state index contributed by atoms with van der Waals surface area (Å²) in [4.78, 5) is 0. The van der Waals surface area contributed by atoms with Crippen LogP contribution in [0.15, 0.2) is 24.3 Å². The van der Waals surface area contributed by atoms with Gasteiger partial charge in [0, 0.05) is 6.04 Å². The molecule has 0 aliphatic carbocycles. The summed E-state index contributed by atoms with van der Waals surface area (Å²) < 4.78 is 5.60. The minimum Gasteiger partial charge on any atom is -0.492 e. The van der Waals surface area contributed by atoms with Crippen molar-refractivity contribution in [2.24, 2.45) is 0 Å². The molecule has 0 radical (unpaired) electrons. The number of rotatable bonds is 2. The lowest BCUT2D eigenvalue weighted by atomic mass is 10.0. The third-order valence-electron chi connectivity index (χ3n) is 2.37. The van der Waals surface area contributed by atoms with Crippen molar-refractivity contribution in [3.8, 4) is 18.1 Å². The number of terminal acetylenes is 1. The number of ether oxygens (including phenoxy) is 1. The van der Waals surface area contributed by atoms with E-state index >= 15 is 0 Å². The van der Waals surface area contributed by atoms with E-state index in [0.29, 0.717) is 19.2 Å². The molecule has 1 unspecified atom stereocenters. The van der Waals surface area contributed by atoms with Gasteiger partial charge in [0.1, 0.15) is 12.4 Å². The fourth-order valence-electron chi connectivity index (χ4n) is 1.66. The first kappa shape index (κ1) is 9.11. The molecule has 0 amide bonds. The van der Waals surface area contributed by atoms with Gasteiger partial charge in [-0.3, -0.25) is 5.32 Å². The van der Waals surface area contributed by atoms with Crippen molar-refractivity contribution in [2.45, 2.75) is 12.5 Å². The van der Waals surface area contributed by atoms with Gasteiger partial charge in [-0.2, -0.15) is 0 Å². The van der Waals surface area contributed by atoms with Gasteiger partial charge in [-0.15, -0.1) is 6.42 Å². The Hall–Kier alpha value is -1.46. The van der Waals surface area contributed by atoms with E-state index in [1.165, 1.54) is 5.56 Å². The van der Waals surface area contributed by atoms with Crippen molar-refractivity contribution in [2.75, 3.05) is 13.2 Å². The van der Waals surface area contributed by atoms with E-state index in [0.717, 1.165) is 12.2 Å². The van der Waals surface area contributed by atoms with Crippen LogP contribution in [0.5, 0.6) is 5.75 Å². The summed E-state index contributed by atoms with van der Waals surface area (Å²) in [7, 11) is 0. The monoisotopic (exact) mass is 187 g/mol. The van der Waals surface area contributed by atoms with Crippen molar-refractivity contribution in [3.05, 3.63) is 29.8 Å². The Morgan fingerprint density at radius 2 is 2.36 bits per heavy atom. The first-order valence-electron chi connectivity index (χ1n) is 4.77. The van der Waals surface area contributed by atoms with Gasteiger partial charge in [-0.25, -0.2) is 0 Å². The quantitative estimate of drug-likeness (QED) is 0.703. The molecule has 14 heavy (non-hydrogen) atoms. The second-order valence-corrected chi connectivity index (χ2v) is 3.40. The lowest BCUT2D eigenvalue weighted by molar-refractivity contribution is 0.243. The van der Waals surface area contributed by atoms with Gasteiger partial charge in [0.05, 0.1) is 6.54 Å². The van der Waals surface area contributed by atoms with Crippen LogP contribution in [0.3, 0.4) is 0 Å². The maximum Gasteiger partial charge on any atom is 0.122 e. The zero-order valence-electron chi connectivity index (χ0n) is 7.99. The molecule has 1 heterocycles. The highest BCUT2D eigenvalue weighted by atomic mass is 16.5. The van der Waals surface area contributed by atoms with Crippen LogP contribution in [0.1, 0.15) is 5.56 Å². The van der Waals surface area contributed by atoms with E-state index in [9.17, 15) is 0 Å². The number of hydrogen-bond donors (Lipinski definition) is 1. The first-order valence-corrected chi connectivity index (χ1v) is 4.77. The average molecular weight is 187 g/mol. The van der Waals surface area contributed by atoms with Gasteiger partial charge in [0.2, 0.25) is 0 Å². The van der Waals surface area contributed by atoms with Crippen LogP contribution < -0.4 is 10.1 Å².